The van der Waals surface area contributed by atoms with Crippen LogP contribution in [0.3, 0.4) is 0 Å². The van der Waals surface area contributed by atoms with E-state index in [4.69, 9.17) is 10.5 Å². The number of hydrogen-bond acceptors (Lipinski definition) is 2. The maximum atomic E-state index is 5.81. The van der Waals surface area contributed by atoms with Gasteiger partial charge in [-0.2, -0.15) is 0 Å². The van der Waals surface area contributed by atoms with Gasteiger partial charge in [-0.3, -0.25) is 0 Å². The van der Waals surface area contributed by atoms with Crippen LogP contribution in [0, 0.1) is 0 Å². The first-order valence-corrected chi connectivity index (χ1v) is 6.78. The van der Waals surface area contributed by atoms with Gasteiger partial charge in [-0.1, -0.05) is 31.2 Å². The second-order valence-corrected chi connectivity index (χ2v) is 4.92. The molecule has 1 atom stereocenters. The van der Waals surface area contributed by atoms with Crippen molar-refractivity contribution in [3.63, 3.8) is 0 Å². The van der Waals surface area contributed by atoms with Crippen LogP contribution in [0.15, 0.2) is 48.5 Å². The van der Waals surface area contributed by atoms with Gasteiger partial charge >= 0.3 is 0 Å². The van der Waals surface area contributed by atoms with Crippen LogP contribution in [-0.4, -0.2) is 6.04 Å². The minimum atomic E-state index is 0.188. The fraction of sp³-hybridized carbons (Fsp3) is 0.294. The van der Waals surface area contributed by atoms with E-state index in [9.17, 15) is 0 Å². The summed E-state index contributed by atoms with van der Waals surface area (Å²) in [5, 5.41) is 0. The lowest BCUT2D eigenvalue weighted by Gasteiger charge is -2.08. The maximum absolute atomic E-state index is 5.81. The van der Waals surface area contributed by atoms with E-state index in [-0.39, 0.29) is 6.04 Å². The zero-order valence-electron chi connectivity index (χ0n) is 11.6. The van der Waals surface area contributed by atoms with E-state index in [1.54, 1.807) is 0 Å². The number of nitrogens with two attached hydrogens (primary N) is 1. The normalized spacial score (nSPS) is 12.2. The van der Waals surface area contributed by atoms with Gasteiger partial charge in [0.2, 0.25) is 0 Å². The molecule has 0 fully saturated rings. The number of ether oxygens (including phenoxy) is 1. The molecule has 0 saturated heterocycles. The average Bonchev–Trinajstić information content (AvgIpc) is 2.41. The molecule has 100 valence electrons. The second-order valence-electron chi connectivity index (χ2n) is 4.92. The van der Waals surface area contributed by atoms with Crippen molar-refractivity contribution in [2.24, 2.45) is 5.73 Å². The van der Waals surface area contributed by atoms with Crippen molar-refractivity contribution >= 4 is 0 Å². The second kappa shape index (κ2) is 6.39. The van der Waals surface area contributed by atoms with Gasteiger partial charge in [-0.05, 0) is 55.2 Å². The first-order valence-electron chi connectivity index (χ1n) is 6.78. The van der Waals surface area contributed by atoms with Crippen LogP contribution >= 0.6 is 0 Å². The SMILES string of the molecule is CCc1ccc(Oc2ccc(CC(C)N)cc2)cc1. The van der Waals surface area contributed by atoms with Crippen molar-refractivity contribution in [1.29, 1.82) is 0 Å². The van der Waals surface area contributed by atoms with Gasteiger partial charge in [0.15, 0.2) is 0 Å². The number of hydrogen-bond donors (Lipinski definition) is 1. The summed E-state index contributed by atoms with van der Waals surface area (Å²) in [5.74, 6) is 1.73. The molecular weight excluding hydrogens is 234 g/mol. The van der Waals surface area contributed by atoms with Crippen molar-refractivity contribution in [2.75, 3.05) is 0 Å². The quantitative estimate of drug-likeness (QED) is 0.878. The summed E-state index contributed by atoms with van der Waals surface area (Å²) in [6, 6.07) is 16.5. The molecule has 2 nitrogen and oxygen atoms in total. The largest absolute Gasteiger partial charge is 0.457 e. The lowest BCUT2D eigenvalue weighted by molar-refractivity contribution is 0.482. The van der Waals surface area contributed by atoms with Crippen molar-refractivity contribution in [3.8, 4) is 11.5 Å². The summed E-state index contributed by atoms with van der Waals surface area (Å²) in [6.07, 6.45) is 1.94. The Morgan fingerprint density at radius 2 is 1.37 bits per heavy atom. The Balaban J connectivity index is 2.02. The molecule has 2 aromatic rings. The lowest BCUT2D eigenvalue weighted by atomic mass is 10.1. The van der Waals surface area contributed by atoms with Gasteiger partial charge in [-0.25, -0.2) is 0 Å². The molecule has 0 saturated carbocycles. The van der Waals surface area contributed by atoms with Crippen molar-refractivity contribution in [3.05, 3.63) is 59.7 Å². The van der Waals surface area contributed by atoms with Crippen LogP contribution < -0.4 is 10.5 Å². The first-order chi connectivity index (χ1) is 9.17. The average molecular weight is 255 g/mol. The van der Waals surface area contributed by atoms with Gasteiger partial charge in [0.05, 0.1) is 0 Å². The fourth-order valence-electron chi connectivity index (χ4n) is 1.99. The predicted octanol–water partition coefficient (Wildman–Crippen LogP) is 3.93. The molecule has 2 rings (SSSR count). The standard InChI is InChI=1S/C17H21NO/c1-3-14-4-8-16(9-5-14)19-17-10-6-15(7-11-17)12-13(2)18/h4-11,13H,3,12,18H2,1-2H3. The van der Waals surface area contributed by atoms with Crippen LogP contribution in [0.25, 0.3) is 0 Å². The molecule has 0 spiro atoms. The monoisotopic (exact) mass is 255 g/mol. The highest BCUT2D eigenvalue weighted by Crippen LogP contribution is 2.22. The molecule has 0 aliphatic heterocycles. The summed E-state index contributed by atoms with van der Waals surface area (Å²) in [6.45, 7) is 4.16. The Kier molecular flexibility index (Phi) is 4.58. The zero-order chi connectivity index (χ0) is 13.7. The van der Waals surface area contributed by atoms with Crippen LogP contribution in [0.4, 0.5) is 0 Å². The Hall–Kier alpha value is -1.80. The molecule has 0 heterocycles. The van der Waals surface area contributed by atoms with E-state index >= 15 is 0 Å². The Bertz CT molecular complexity index is 500. The third-order valence-electron chi connectivity index (χ3n) is 3.05. The summed E-state index contributed by atoms with van der Waals surface area (Å²) in [4.78, 5) is 0. The molecular formula is C17H21NO. The molecule has 0 amide bonds. The van der Waals surface area contributed by atoms with Gasteiger partial charge in [0.25, 0.3) is 0 Å². The van der Waals surface area contributed by atoms with Crippen molar-refractivity contribution in [2.45, 2.75) is 32.7 Å². The molecule has 0 radical (unpaired) electrons. The lowest BCUT2D eigenvalue weighted by Crippen LogP contribution is -2.17. The smallest absolute Gasteiger partial charge is 0.127 e. The van der Waals surface area contributed by atoms with Gasteiger partial charge in [0.1, 0.15) is 11.5 Å². The summed E-state index contributed by atoms with van der Waals surface area (Å²) in [7, 11) is 0. The summed E-state index contributed by atoms with van der Waals surface area (Å²) in [5.41, 5.74) is 8.34. The highest BCUT2D eigenvalue weighted by Gasteiger charge is 2.00. The predicted molar refractivity (Wildman–Crippen MR) is 79.7 cm³/mol. The first kappa shape index (κ1) is 13.6. The van der Waals surface area contributed by atoms with E-state index < -0.39 is 0 Å². The summed E-state index contributed by atoms with van der Waals surface area (Å²) < 4.78 is 5.81. The minimum Gasteiger partial charge on any atom is -0.457 e. The van der Waals surface area contributed by atoms with Gasteiger partial charge in [0, 0.05) is 6.04 Å². The number of benzene rings is 2. The molecule has 1 unspecified atom stereocenters. The zero-order valence-corrected chi connectivity index (χ0v) is 11.6. The Morgan fingerprint density at radius 1 is 0.895 bits per heavy atom. The van der Waals surface area contributed by atoms with Crippen LogP contribution in [0.2, 0.25) is 0 Å². The molecule has 0 aliphatic rings. The fourth-order valence-corrected chi connectivity index (χ4v) is 1.99. The molecule has 2 aromatic carbocycles. The topological polar surface area (TPSA) is 35.2 Å². The van der Waals surface area contributed by atoms with Gasteiger partial charge < -0.3 is 10.5 Å². The number of aryl methyl sites for hydroxylation is 1. The minimum absolute atomic E-state index is 0.188. The molecule has 0 aromatic heterocycles. The van der Waals surface area contributed by atoms with Crippen LogP contribution in [0.1, 0.15) is 25.0 Å². The van der Waals surface area contributed by atoms with Crippen LogP contribution in [-0.2, 0) is 12.8 Å². The third kappa shape index (κ3) is 4.11. The third-order valence-corrected chi connectivity index (χ3v) is 3.05. The highest BCUT2D eigenvalue weighted by molar-refractivity contribution is 5.34. The van der Waals surface area contributed by atoms with E-state index in [0.717, 1.165) is 24.3 Å². The van der Waals surface area contributed by atoms with Crippen molar-refractivity contribution in [1.82, 2.24) is 0 Å². The molecule has 0 aliphatic carbocycles. The number of rotatable bonds is 5. The Labute approximate surface area is 115 Å². The van der Waals surface area contributed by atoms with E-state index in [0.29, 0.717) is 0 Å². The molecule has 2 heteroatoms. The highest BCUT2D eigenvalue weighted by atomic mass is 16.5. The molecule has 19 heavy (non-hydrogen) atoms. The van der Waals surface area contributed by atoms with E-state index in [1.165, 1.54) is 11.1 Å². The van der Waals surface area contributed by atoms with E-state index in [1.807, 2.05) is 31.2 Å². The molecule has 2 N–H and O–H groups in total. The van der Waals surface area contributed by atoms with Gasteiger partial charge in [-0.15, -0.1) is 0 Å². The van der Waals surface area contributed by atoms with E-state index in [2.05, 4.69) is 31.2 Å². The Morgan fingerprint density at radius 3 is 1.79 bits per heavy atom. The molecule has 0 bridgehead atoms. The van der Waals surface area contributed by atoms with Crippen molar-refractivity contribution < 1.29 is 4.74 Å². The summed E-state index contributed by atoms with van der Waals surface area (Å²) >= 11 is 0. The maximum Gasteiger partial charge on any atom is 0.127 e. The van der Waals surface area contributed by atoms with Crippen LogP contribution in [0.5, 0.6) is 11.5 Å².